The van der Waals surface area contributed by atoms with Gasteiger partial charge in [0.1, 0.15) is 0 Å². The maximum Gasteiger partial charge on any atom is 0.254 e. The molecule has 0 radical (unpaired) electrons. The smallest absolute Gasteiger partial charge is 0.254 e. The molecule has 4 heterocycles. The maximum atomic E-state index is 12.8. The molecule has 0 atom stereocenters. The van der Waals surface area contributed by atoms with Crippen molar-refractivity contribution in [2.45, 2.75) is 19.8 Å². The van der Waals surface area contributed by atoms with E-state index in [0.717, 1.165) is 47.6 Å². The minimum atomic E-state index is 0.0130. The van der Waals surface area contributed by atoms with Gasteiger partial charge in [-0.3, -0.25) is 9.59 Å². The fourth-order valence-corrected chi connectivity index (χ4v) is 5.12. The Bertz CT molecular complexity index is 1470. The molecule has 2 aliphatic rings. The van der Waals surface area contributed by atoms with Crippen molar-refractivity contribution >= 4 is 34.7 Å². The van der Waals surface area contributed by atoms with Crippen LogP contribution in [0.5, 0.6) is 0 Å². The number of fused-ring (bicyclic) bond motifs is 2. The fourth-order valence-electron chi connectivity index (χ4n) is 5.12. The summed E-state index contributed by atoms with van der Waals surface area (Å²) in [6.45, 7) is 4.72. The van der Waals surface area contributed by atoms with Crippen molar-refractivity contribution in [1.82, 2.24) is 19.3 Å². The molecule has 188 valence electrons. The quantitative estimate of drug-likeness (QED) is 0.461. The average molecular weight is 497 g/mol. The fraction of sp³-hybridized carbons (Fsp3) is 0.286. The lowest BCUT2D eigenvalue weighted by molar-refractivity contribution is -0.116. The Hall–Kier alpha value is -4.24. The maximum absolute atomic E-state index is 12.8. The molecule has 0 saturated carbocycles. The van der Waals surface area contributed by atoms with Crippen LogP contribution in [0.15, 0.2) is 61.1 Å². The van der Waals surface area contributed by atoms with Crippen molar-refractivity contribution in [3.63, 3.8) is 0 Å². The molecule has 6 rings (SSSR count). The third-order valence-corrected chi connectivity index (χ3v) is 6.97. The van der Waals surface area contributed by atoms with Crippen LogP contribution in [0.25, 0.3) is 16.9 Å². The van der Waals surface area contributed by atoms with E-state index in [4.69, 9.17) is 9.72 Å². The number of amides is 2. The Morgan fingerprint density at radius 2 is 1.84 bits per heavy atom. The molecular weight excluding hydrogens is 468 g/mol. The third-order valence-electron chi connectivity index (χ3n) is 6.97. The van der Waals surface area contributed by atoms with Crippen molar-refractivity contribution in [1.29, 1.82) is 0 Å². The number of anilines is 3. The Kier molecular flexibility index (Phi) is 6.05. The second kappa shape index (κ2) is 9.67. The van der Waals surface area contributed by atoms with Gasteiger partial charge in [0.15, 0.2) is 11.5 Å². The molecular formula is C28H28N6O3. The van der Waals surface area contributed by atoms with E-state index in [0.29, 0.717) is 43.3 Å². The van der Waals surface area contributed by atoms with Crippen LogP contribution in [0, 0.1) is 0 Å². The number of nitrogens with one attached hydrogen (secondary N) is 1. The second-order valence-electron chi connectivity index (χ2n) is 9.32. The number of hydrogen-bond donors (Lipinski definition) is 1. The van der Waals surface area contributed by atoms with Gasteiger partial charge < -0.3 is 24.3 Å². The highest BCUT2D eigenvalue weighted by Crippen LogP contribution is 2.36. The van der Waals surface area contributed by atoms with Crippen LogP contribution in [0.4, 0.5) is 17.2 Å². The summed E-state index contributed by atoms with van der Waals surface area (Å²) in [5, 5.41) is 3.39. The summed E-state index contributed by atoms with van der Waals surface area (Å²) in [5.41, 5.74) is 6.05. The molecule has 0 bridgehead atoms. The van der Waals surface area contributed by atoms with Crippen LogP contribution in [-0.4, -0.2) is 63.9 Å². The Labute approximate surface area is 214 Å². The van der Waals surface area contributed by atoms with Gasteiger partial charge in [0.05, 0.1) is 18.9 Å². The monoisotopic (exact) mass is 496 g/mol. The Morgan fingerprint density at radius 3 is 2.62 bits per heavy atom. The highest BCUT2D eigenvalue weighted by atomic mass is 16.5. The van der Waals surface area contributed by atoms with Gasteiger partial charge in [-0.25, -0.2) is 9.97 Å². The minimum absolute atomic E-state index is 0.0130. The molecule has 2 aromatic carbocycles. The van der Waals surface area contributed by atoms with E-state index in [1.54, 1.807) is 13.1 Å². The lowest BCUT2D eigenvalue weighted by atomic mass is 9.94. The largest absolute Gasteiger partial charge is 0.378 e. The molecule has 4 aromatic rings. The highest BCUT2D eigenvalue weighted by molar-refractivity contribution is 5.95. The van der Waals surface area contributed by atoms with Crippen molar-refractivity contribution in [2.24, 2.45) is 0 Å². The van der Waals surface area contributed by atoms with Crippen molar-refractivity contribution in [2.75, 3.05) is 43.1 Å². The number of imidazole rings is 1. The number of ether oxygens (including phenoxy) is 1. The molecule has 9 nitrogen and oxygen atoms in total. The SMILES string of the molecule is CC(=O)N1CCCc2c(-c3cn4ccnc4c(Nc4ccc(C(=O)N5CCOCC5)cc4)n3)cccc21. The summed E-state index contributed by atoms with van der Waals surface area (Å²) in [6.07, 6.45) is 7.42. The number of rotatable bonds is 4. The molecule has 9 heteroatoms. The first-order valence-electron chi connectivity index (χ1n) is 12.6. The van der Waals surface area contributed by atoms with Gasteiger partial charge in [-0.2, -0.15) is 0 Å². The van der Waals surface area contributed by atoms with E-state index in [2.05, 4.69) is 16.4 Å². The molecule has 37 heavy (non-hydrogen) atoms. The van der Waals surface area contributed by atoms with Crippen LogP contribution in [0.1, 0.15) is 29.3 Å². The van der Waals surface area contributed by atoms with Gasteiger partial charge >= 0.3 is 0 Å². The standard InChI is InChI=1S/C28H28N6O3/c1-19(35)34-12-3-5-23-22(4-2-6-25(23)34)24-18-33-13-11-29-27(33)26(31-24)30-21-9-7-20(8-10-21)28(36)32-14-16-37-17-15-32/h2,4,6-11,13,18H,3,5,12,14-17H2,1H3,(H,30,31). The first-order valence-corrected chi connectivity index (χ1v) is 12.6. The minimum Gasteiger partial charge on any atom is -0.378 e. The molecule has 0 spiro atoms. The van der Waals surface area contributed by atoms with E-state index in [1.807, 2.05) is 63.0 Å². The van der Waals surface area contributed by atoms with Crippen LogP contribution in [0.3, 0.4) is 0 Å². The molecule has 0 unspecified atom stereocenters. The average Bonchev–Trinajstić information content (AvgIpc) is 3.42. The lowest BCUT2D eigenvalue weighted by Gasteiger charge is -2.30. The van der Waals surface area contributed by atoms with E-state index < -0.39 is 0 Å². The summed E-state index contributed by atoms with van der Waals surface area (Å²) in [7, 11) is 0. The number of aromatic nitrogens is 3. The normalized spacial score (nSPS) is 15.5. The van der Waals surface area contributed by atoms with Crippen LogP contribution < -0.4 is 10.2 Å². The zero-order valence-corrected chi connectivity index (χ0v) is 20.7. The summed E-state index contributed by atoms with van der Waals surface area (Å²) >= 11 is 0. The molecule has 1 saturated heterocycles. The number of benzene rings is 2. The van der Waals surface area contributed by atoms with Gasteiger partial charge in [-0.1, -0.05) is 12.1 Å². The van der Waals surface area contributed by atoms with Crippen molar-refractivity contribution in [3.05, 3.63) is 72.2 Å². The van der Waals surface area contributed by atoms with Gasteiger partial charge in [-0.15, -0.1) is 0 Å². The molecule has 1 fully saturated rings. The molecule has 2 aromatic heterocycles. The van der Waals surface area contributed by atoms with Crippen LogP contribution in [0.2, 0.25) is 0 Å². The van der Waals surface area contributed by atoms with Gasteiger partial charge in [0.2, 0.25) is 5.91 Å². The number of hydrogen-bond acceptors (Lipinski definition) is 6. The lowest BCUT2D eigenvalue weighted by Crippen LogP contribution is -2.40. The second-order valence-corrected chi connectivity index (χ2v) is 9.32. The topological polar surface area (TPSA) is 92.1 Å². The van der Waals surface area contributed by atoms with Crippen molar-refractivity contribution < 1.29 is 14.3 Å². The Balaban J connectivity index is 1.32. The summed E-state index contributed by atoms with van der Waals surface area (Å²) in [6, 6.07) is 13.5. The van der Waals surface area contributed by atoms with E-state index in [-0.39, 0.29) is 11.8 Å². The van der Waals surface area contributed by atoms with Gasteiger partial charge in [0.25, 0.3) is 5.91 Å². The summed E-state index contributed by atoms with van der Waals surface area (Å²) < 4.78 is 7.30. The van der Waals surface area contributed by atoms with Crippen LogP contribution in [-0.2, 0) is 16.0 Å². The number of carbonyl (C=O) groups excluding carboxylic acids is 2. The predicted molar refractivity (Wildman–Crippen MR) is 141 cm³/mol. The van der Waals surface area contributed by atoms with E-state index in [1.165, 1.54) is 0 Å². The third kappa shape index (κ3) is 4.42. The van der Waals surface area contributed by atoms with Crippen LogP contribution >= 0.6 is 0 Å². The Morgan fingerprint density at radius 1 is 1.03 bits per heavy atom. The first-order chi connectivity index (χ1) is 18.1. The van der Waals surface area contributed by atoms with Gasteiger partial charge in [0, 0.05) is 67.7 Å². The summed E-state index contributed by atoms with van der Waals surface area (Å²) in [5.74, 6) is 0.680. The van der Waals surface area contributed by atoms with E-state index >= 15 is 0 Å². The highest BCUT2D eigenvalue weighted by Gasteiger charge is 2.24. The zero-order chi connectivity index (χ0) is 25.4. The number of carbonyl (C=O) groups is 2. The molecule has 2 amide bonds. The molecule has 1 N–H and O–H groups in total. The molecule has 0 aliphatic carbocycles. The molecule has 2 aliphatic heterocycles. The first kappa shape index (κ1) is 23.2. The number of morpholine rings is 1. The van der Waals surface area contributed by atoms with E-state index in [9.17, 15) is 9.59 Å². The predicted octanol–water partition coefficient (Wildman–Crippen LogP) is 3.91. The van der Waals surface area contributed by atoms with Gasteiger partial charge in [-0.05, 0) is 48.7 Å². The summed E-state index contributed by atoms with van der Waals surface area (Å²) in [4.78, 5) is 38.1. The van der Waals surface area contributed by atoms with Crippen molar-refractivity contribution in [3.8, 4) is 11.3 Å². The number of nitrogens with zero attached hydrogens (tertiary/aromatic N) is 5. The zero-order valence-electron chi connectivity index (χ0n) is 20.7.